The van der Waals surface area contributed by atoms with Crippen LogP contribution >= 0.6 is 11.6 Å². The molecule has 7 nitrogen and oxygen atoms in total. The van der Waals surface area contributed by atoms with Gasteiger partial charge in [0.2, 0.25) is 0 Å². The van der Waals surface area contributed by atoms with Gasteiger partial charge in [-0.15, -0.1) is 0 Å². The summed E-state index contributed by atoms with van der Waals surface area (Å²) >= 11 is 5.93. The number of aliphatic carboxylic acids is 1. The van der Waals surface area contributed by atoms with Gasteiger partial charge >= 0.3 is 5.97 Å². The largest absolute Gasteiger partial charge is 0.481 e. The van der Waals surface area contributed by atoms with Gasteiger partial charge in [-0.25, -0.2) is 0 Å². The van der Waals surface area contributed by atoms with Crippen molar-refractivity contribution >= 4 is 29.2 Å². The highest BCUT2D eigenvalue weighted by atomic mass is 35.5. The Kier molecular flexibility index (Phi) is 4.42. The second kappa shape index (κ2) is 6.09. The van der Waals surface area contributed by atoms with E-state index in [1.165, 1.54) is 23.1 Å². The van der Waals surface area contributed by atoms with Crippen molar-refractivity contribution in [1.82, 2.24) is 4.90 Å². The van der Waals surface area contributed by atoms with Crippen molar-refractivity contribution in [3.63, 3.8) is 0 Å². The van der Waals surface area contributed by atoms with Crippen molar-refractivity contribution in [3.05, 3.63) is 38.9 Å². The number of rotatable bonds is 4. The highest BCUT2D eigenvalue weighted by Crippen LogP contribution is 2.31. The fourth-order valence-electron chi connectivity index (χ4n) is 2.50. The van der Waals surface area contributed by atoms with Crippen LogP contribution in [0.5, 0.6) is 0 Å². The molecule has 0 spiro atoms. The predicted octanol–water partition coefficient (Wildman–Crippen LogP) is 2.33. The minimum absolute atomic E-state index is 0.0307. The van der Waals surface area contributed by atoms with E-state index in [0.717, 1.165) is 0 Å². The standard InChI is InChI=1S/C13H13ClN2O5/c14-12-9(4-1-5-10(12)16(20)21)13(19)15-6-2-3-8(15)7-11(17)18/h1,4-5,8H,2-3,6-7H2,(H,17,18). The molecule has 1 aliphatic rings. The molecule has 1 heterocycles. The Bertz CT molecular complexity index is 604. The average molecular weight is 313 g/mol. The number of carbonyl (C=O) groups is 2. The maximum atomic E-state index is 12.5. The average Bonchev–Trinajstić information content (AvgIpc) is 2.85. The molecule has 1 amide bonds. The van der Waals surface area contributed by atoms with E-state index in [1.54, 1.807) is 0 Å². The van der Waals surface area contributed by atoms with Crippen LogP contribution in [0.4, 0.5) is 5.69 Å². The molecule has 0 saturated carbocycles. The van der Waals surface area contributed by atoms with Crippen molar-refractivity contribution in [1.29, 1.82) is 0 Å². The summed E-state index contributed by atoms with van der Waals surface area (Å²) in [7, 11) is 0. The van der Waals surface area contributed by atoms with Crippen LogP contribution < -0.4 is 0 Å². The fraction of sp³-hybridized carbons (Fsp3) is 0.385. The molecule has 1 aromatic rings. The van der Waals surface area contributed by atoms with E-state index in [2.05, 4.69) is 0 Å². The lowest BCUT2D eigenvalue weighted by atomic mass is 10.1. The molecule has 21 heavy (non-hydrogen) atoms. The van der Waals surface area contributed by atoms with E-state index in [0.29, 0.717) is 19.4 Å². The zero-order chi connectivity index (χ0) is 15.6. The molecule has 112 valence electrons. The summed E-state index contributed by atoms with van der Waals surface area (Å²) < 4.78 is 0. The fourth-order valence-corrected chi connectivity index (χ4v) is 2.77. The normalized spacial score (nSPS) is 17.8. The summed E-state index contributed by atoms with van der Waals surface area (Å²) in [5, 5.41) is 19.5. The van der Waals surface area contributed by atoms with Gasteiger partial charge in [-0.05, 0) is 18.9 Å². The molecule has 0 radical (unpaired) electrons. The van der Waals surface area contributed by atoms with Crippen molar-refractivity contribution in [2.24, 2.45) is 0 Å². The van der Waals surface area contributed by atoms with E-state index < -0.39 is 22.8 Å². The Morgan fingerprint density at radius 3 is 2.81 bits per heavy atom. The van der Waals surface area contributed by atoms with Crippen LogP contribution in [0.25, 0.3) is 0 Å². The molecule has 8 heteroatoms. The monoisotopic (exact) mass is 312 g/mol. The Morgan fingerprint density at radius 2 is 2.19 bits per heavy atom. The first-order valence-corrected chi connectivity index (χ1v) is 6.75. The second-order valence-corrected chi connectivity index (χ2v) is 5.17. The summed E-state index contributed by atoms with van der Waals surface area (Å²) in [6.07, 6.45) is 1.17. The molecule has 0 bridgehead atoms. The van der Waals surface area contributed by atoms with Crippen molar-refractivity contribution < 1.29 is 19.6 Å². The van der Waals surface area contributed by atoms with Crippen LogP contribution in [-0.4, -0.2) is 39.4 Å². The van der Waals surface area contributed by atoms with Gasteiger partial charge in [0.15, 0.2) is 0 Å². The molecule has 0 aliphatic carbocycles. The quantitative estimate of drug-likeness (QED) is 0.679. The van der Waals surface area contributed by atoms with E-state index >= 15 is 0 Å². The molecule has 1 fully saturated rings. The summed E-state index contributed by atoms with van der Waals surface area (Å²) in [6, 6.07) is 3.62. The third-order valence-electron chi connectivity index (χ3n) is 3.45. The molecular formula is C13H13ClN2O5. The molecule has 1 unspecified atom stereocenters. The highest BCUT2D eigenvalue weighted by Gasteiger charge is 2.33. The van der Waals surface area contributed by atoms with Gasteiger partial charge in [0.1, 0.15) is 5.02 Å². The number of nitro groups is 1. The Balaban J connectivity index is 2.29. The van der Waals surface area contributed by atoms with Crippen molar-refractivity contribution in [3.8, 4) is 0 Å². The lowest BCUT2D eigenvalue weighted by molar-refractivity contribution is -0.384. The van der Waals surface area contributed by atoms with E-state index in [1.807, 2.05) is 0 Å². The first-order chi connectivity index (χ1) is 9.91. The van der Waals surface area contributed by atoms with Gasteiger partial charge in [-0.1, -0.05) is 17.7 Å². The Morgan fingerprint density at radius 1 is 1.48 bits per heavy atom. The van der Waals surface area contributed by atoms with Crippen molar-refractivity contribution in [2.45, 2.75) is 25.3 Å². The van der Waals surface area contributed by atoms with Gasteiger partial charge in [0.25, 0.3) is 11.6 Å². The first-order valence-electron chi connectivity index (χ1n) is 6.37. The van der Waals surface area contributed by atoms with Crippen LogP contribution in [0, 0.1) is 10.1 Å². The van der Waals surface area contributed by atoms with Gasteiger partial charge in [0, 0.05) is 18.7 Å². The van der Waals surface area contributed by atoms with Crippen molar-refractivity contribution in [2.75, 3.05) is 6.54 Å². The number of halogens is 1. The number of amides is 1. The number of carbonyl (C=O) groups excluding carboxylic acids is 1. The third kappa shape index (κ3) is 3.13. The van der Waals surface area contributed by atoms with Gasteiger partial charge in [-0.2, -0.15) is 0 Å². The van der Waals surface area contributed by atoms with Gasteiger partial charge in [0.05, 0.1) is 16.9 Å². The maximum absolute atomic E-state index is 12.5. The molecule has 1 N–H and O–H groups in total. The van der Waals surface area contributed by atoms with E-state index in [4.69, 9.17) is 16.7 Å². The Hall–Kier alpha value is -2.15. The van der Waals surface area contributed by atoms with E-state index in [9.17, 15) is 19.7 Å². The lowest BCUT2D eigenvalue weighted by Gasteiger charge is -2.23. The third-order valence-corrected chi connectivity index (χ3v) is 3.85. The van der Waals surface area contributed by atoms with Crippen LogP contribution in [0.15, 0.2) is 18.2 Å². The molecular weight excluding hydrogens is 300 g/mol. The predicted molar refractivity (Wildman–Crippen MR) is 74.4 cm³/mol. The summed E-state index contributed by atoms with van der Waals surface area (Å²) in [5.41, 5.74) is -0.306. The highest BCUT2D eigenvalue weighted by molar-refractivity contribution is 6.35. The number of nitro benzene ring substituents is 1. The zero-order valence-corrected chi connectivity index (χ0v) is 11.7. The van der Waals surface area contributed by atoms with Crippen LogP contribution in [-0.2, 0) is 4.79 Å². The smallest absolute Gasteiger partial charge is 0.305 e. The minimum atomic E-state index is -0.982. The molecule has 1 aliphatic heterocycles. The summed E-state index contributed by atoms with van der Waals surface area (Å²) in [4.78, 5) is 34.9. The number of carboxylic acid groups (broad SMARTS) is 1. The topological polar surface area (TPSA) is 101 Å². The SMILES string of the molecule is O=C(O)CC1CCCN1C(=O)c1cccc([N+](=O)[O-])c1Cl. The summed E-state index contributed by atoms with van der Waals surface area (Å²) in [5.74, 6) is -1.45. The molecule has 1 aromatic carbocycles. The summed E-state index contributed by atoms with van der Waals surface area (Å²) in [6.45, 7) is 0.426. The first kappa shape index (κ1) is 15.2. The number of benzene rings is 1. The molecule has 1 saturated heterocycles. The number of likely N-dealkylation sites (tertiary alicyclic amines) is 1. The van der Waals surface area contributed by atoms with Crippen LogP contribution in [0.1, 0.15) is 29.6 Å². The zero-order valence-electron chi connectivity index (χ0n) is 11.0. The molecule has 1 atom stereocenters. The molecule has 0 aromatic heterocycles. The van der Waals surface area contributed by atoms with Gasteiger partial charge in [-0.3, -0.25) is 19.7 Å². The number of nitrogens with zero attached hydrogens (tertiary/aromatic N) is 2. The molecule has 2 rings (SSSR count). The van der Waals surface area contributed by atoms with Crippen LogP contribution in [0.2, 0.25) is 5.02 Å². The van der Waals surface area contributed by atoms with Crippen LogP contribution in [0.3, 0.4) is 0 Å². The minimum Gasteiger partial charge on any atom is -0.481 e. The van der Waals surface area contributed by atoms with Gasteiger partial charge < -0.3 is 10.0 Å². The maximum Gasteiger partial charge on any atom is 0.305 e. The lowest BCUT2D eigenvalue weighted by Crippen LogP contribution is -2.37. The number of hydrogen-bond donors (Lipinski definition) is 1. The second-order valence-electron chi connectivity index (χ2n) is 4.79. The number of hydrogen-bond acceptors (Lipinski definition) is 4. The van der Waals surface area contributed by atoms with E-state index in [-0.39, 0.29) is 22.7 Å². The number of carboxylic acids is 1. The Labute approximate surface area is 125 Å².